The number of amides is 4. The molecule has 1 rings (SSSR count). The smallest absolute Gasteiger partial charge is 0.326 e. The van der Waals surface area contributed by atoms with Gasteiger partial charge in [0.15, 0.2) is 5.96 Å². The number of benzene rings is 1. The standard InChI is InChI=1S/C24H38N8O7S/c1-40-10-8-15(25)20(35)30-16(3-2-9-29-24(27)28)21(36)31-17(12-19(26)34)22(37)32-18(23(38)39)11-13-4-6-14(33)7-5-13/h4-7,15-18,33H,2-3,8-12,25H2,1H3,(H2,26,34)(H,30,35)(H,31,36)(H,32,37)(H,38,39)(H4,27,28,29). The van der Waals surface area contributed by atoms with Gasteiger partial charge in [0.2, 0.25) is 23.6 Å². The lowest BCUT2D eigenvalue weighted by Crippen LogP contribution is -2.58. The van der Waals surface area contributed by atoms with E-state index in [-0.39, 0.29) is 37.5 Å². The number of primary amides is 1. The number of phenols is 1. The number of hydrogen-bond acceptors (Lipinski definition) is 9. The average Bonchev–Trinajstić information content (AvgIpc) is 2.88. The molecule has 222 valence electrons. The van der Waals surface area contributed by atoms with Gasteiger partial charge in [-0.2, -0.15) is 11.8 Å². The van der Waals surface area contributed by atoms with Crippen molar-refractivity contribution in [2.75, 3.05) is 18.6 Å². The zero-order valence-corrected chi connectivity index (χ0v) is 23.0. The molecule has 0 spiro atoms. The molecule has 16 heteroatoms. The molecule has 0 bridgehead atoms. The lowest BCUT2D eigenvalue weighted by molar-refractivity contribution is -0.142. The van der Waals surface area contributed by atoms with Gasteiger partial charge in [0.25, 0.3) is 0 Å². The molecule has 40 heavy (non-hydrogen) atoms. The minimum absolute atomic E-state index is 0.0194. The Morgan fingerprint density at radius 3 is 2.02 bits per heavy atom. The number of nitrogens with one attached hydrogen (secondary N) is 3. The van der Waals surface area contributed by atoms with Crippen LogP contribution in [0.15, 0.2) is 29.3 Å². The lowest BCUT2D eigenvalue weighted by atomic mass is 10.0. The summed E-state index contributed by atoms with van der Waals surface area (Å²) in [6.07, 6.45) is 1.78. The Balaban J connectivity index is 3.05. The molecule has 0 radical (unpaired) electrons. The fourth-order valence-corrected chi connectivity index (χ4v) is 3.94. The summed E-state index contributed by atoms with van der Waals surface area (Å²) < 4.78 is 0. The number of aliphatic carboxylic acids is 1. The third-order valence-corrected chi connectivity index (χ3v) is 6.22. The van der Waals surface area contributed by atoms with Gasteiger partial charge in [0.1, 0.15) is 23.9 Å². The van der Waals surface area contributed by atoms with Crippen LogP contribution in [-0.4, -0.2) is 88.5 Å². The van der Waals surface area contributed by atoms with E-state index in [0.717, 1.165) is 0 Å². The van der Waals surface area contributed by atoms with Crippen molar-refractivity contribution in [3.05, 3.63) is 29.8 Å². The van der Waals surface area contributed by atoms with E-state index in [2.05, 4.69) is 20.9 Å². The van der Waals surface area contributed by atoms with Crippen LogP contribution >= 0.6 is 11.8 Å². The first-order chi connectivity index (χ1) is 18.8. The summed E-state index contributed by atoms with van der Waals surface area (Å²) in [6, 6.07) is 0.683. The minimum Gasteiger partial charge on any atom is -0.508 e. The van der Waals surface area contributed by atoms with Crippen molar-refractivity contribution in [2.24, 2.45) is 27.9 Å². The van der Waals surface area contributed by atoms with Crippen LogP contribution in [0.2, 0.25) is 0 Å². The Bertz CT molecular complexity index is 1050. The number of hydrogen-bond donors (Lipinski definition) is 9. The highest BCUT2D eigenvalue weighted by molar-refractivity contribution is 7.98. The van der Waals surface area contributed by atoms with Crippen molar-refractivity contribution in [3.63, 3.8) is 0 Å². The summed E-state index contributed by atoms with van der Waals surface area (Å²) in [5, 5.41) is 26.3. The second kappa shape index (κ2) is 17.5. The number of guanidine groups is 1. The summed E-state index contributed by atoms with van der Waals surface area (Å²) in [6.45, 7) is 0.156. The molecule has 13 N–H and O–H groups in total. The number of carbonyl (C=O) groups is 5. The van der Waals surface area contributed by atoms with Crippen LogP contribution in [0.4, 0.5) is 0 Å². The number of thioether (sulfide) groups is 1. The molecule has 1 aromatic carbocycles. The summed E-state index contributed by atoms with van der Waals surface area (Å²) in [7, 11) is 0. The van der Waals surface area contributed by atoms with Crippen molar-refractivity contribution < 1.29 is 34.2 Å². The number of carbonyl (C=O) groups excluding carboxylic acids is 4. The maximum Gasteiger partial charge on any atom is 0.326 e. The van der Waals surface area contributed by atoms with Crippen LogP contribution in [0.25, 0.3) is 0 Å². The average molecular weight is 583 g/mol. The monoisotopic (exact) mass is 582 g/mol. The number of carboxylic acids is 1. The molecule has 0 saturated heterocycles. The Morgan fingerprint density at radius 2 is 1.48 bits per heavy atom. The van der Waals surface area contributed by atoms with Crippen molar-refractivity contribution in [1.82, 2.24) is 16.0 Å². The molecule has 0 aliphatic heterocycles. The number of nitrogens with two attached hydrogens (primary N) is 4. The summed E-state index contributed by atoms with van der Waals surface area (Å²) >= 11 is 1.50. The third kappa shape index (κ3) is 13.1. The Labute approximate surface area is 235 Å². The molecule has 1 aromatic rings. The molecule has 0 fully saturated rings. The second-order valence-electron chi connectivity index (χ2n) is 8.90. The minimum atomic E-state index is -1.53. The van der Waals surface area contributed by atoms with Crippen molar-refractivity contribution in [3.8, 4) is 5.75 Å². The quantitative estimate of drug-likeness (QED) is 0.0495. The molecule has 15 nitrogen and oxygen atoms in total. The first-order valence-corrected chi connectivity index (χ1v) is 13.7. The molecular formula is C24H38N8O7S. The highest BCUT2D eigenvalue weighted by Crippen LogP contribution is 2.12. The fourth-order valence-electron chi connectivity index (χ4n) is 3.45. The van der Waals surface area contributed by atoms with Gasteiger partial charge in [-0.15, -0.1) is 0 Å². The maximum absolute atomic E-state index is 13.2. The molecule has 4 atom stereocenters. The van der Waals surface area contributed by atoms with Crippen molar-refractivity contribution in [2.45, 2.75) is 56.3 Å². The van der Waals surface area contributed by atoms with Crippen LogP contribution in [0, 0.1) is 0 Å². The first kappa shape index (κ1) is 34.0. The van der Waals surface area contributed by atoms with Gasteiger partial charge in [-0.05, 0) is 49.0 Å². The molecule has 4 unspecified atom stereocenters. The van der Waals surface area contributed by atoms with E-state index in [0.29, 0.717) is 17.7 Å². The normalized spacial score (nSPS) is 13.7. The molecule has 0 heterocycles. The van der Waals surface area contributed by atoms with Crippen LogP contribution in [0.1, 0.15) is 31.2 Å². The number of carboxylic acid groups (broad SMARTS) is 1. The molecule has 0 saturated carbocycles. The van der Waals surface area contributed by atoms with E-state index >= 15 is 0 Å². The van der Waals surface area contributed by atoms with Gasteiger partial charge < -0.3 is 49.1 Å². The predicted molar refractivity (Wildman–Crippen MR) is 150 cm³/mol. The van der Waals surface area contributed by atoms with Gasteiger partial charge >= 0.3 is 5.97 Å². The Kier molecular flexibility index (Phi) is 14.9. The van der Waals surface area contributed by atoms with E-state index < -0.39 is 60.2 Å². The third-order valence-electron chi connectivity index (χ3n) is 5.58. The molecule has 0 aliphatic rings. The maximum atomic E-state index is 13.2. The van der Waals surface area contributed by atoms with Crippen LogP contribution in [-0.2, 0) is 30.4 Å². The molecule has 0 aromatic heterocycles. The van der Waals surface area contributed by atoms with Gasteiger partial charge in [0, 0.05) is 13.0 Å². The van der Waals surface area contributed by atoms with E-state index in [4.69, 9.17) is 22.9 Å². The highest BCUT2D eigenvalue weighted by Gasteiger charge is 2.31. The lowest BCUT2D eigenvalue weighted by Gasteiger charge is -2.25. The van der Waals surface area contributed by atoms with E-state index in [1.165, 1.54) is 36.0 Å². The fraction of sp³-hybridized carbons (Fsp3) is 0.500. The zero-order chi connectivity index (χ0) is 30.2. The largest absolute Gasteiger partial charge is 0.508 e. The van der Waals surface area contributed by atoms with Gasteiger partial charge in [-0.3, -0.25) is 24.2 Å². The molecule has 4 amide bonds. The number of aromatic hydroxyl groups is 1. The van der Waals surface area contributed by atoms with Gasteiger partial charge in [-0.25, -0.2) is 4.79 Å². The number of nitrogens with zero attached hydrogens (tertiary/aromatic N) is 1. The highest BCUT2D eigenvalue weighted by atomic mass is 32.2. The number of rotatable bonds is 18. The van der Waals surface area contributed by atoms with E-state index in [1.54, 1.807) is 0 Å². The van der Waals surface area contributed by atoms with Crippen LogP contribution < -0.4 is 38.9 Å². The summed E-state index contributed by atoms with van der Waals surface area (Å²) in [5.41, 5.74) is 22.3. The Morgan fingerprint density at radius 1 is 0.900 bits per heavy atom. The van der Waals surface area contributed by atoms with Gasteiger partial charge in [-0.1, -0.05) is 12.1 Å². The SMILES string of the molecule is CSCCC(N)C(=O)NC(CCCN=C(N)N)C(=O)NC(CC(N)=O)C(=O)NC(Cc1ccc(O)cc1)C(=O)O. The van der Waals surface area contributed by atoms with E-state index in [9.17, 15) is 34.2 Å². The van der Waals surface area contributed by atoms with Crippen molar-refractivity contribution >= 4 is 47.3 Å². The molecule has 0 aliphatic carbocycles. The topological polar surface area (TPSA) is 278 Å². The zero-order valence-electron chi connectivity index (χ0n) is 22.2. The van der Waals surface area contributed by atoms with Gasteiger partial charge in [0.05, 0.1) is 12.5 Å². The van der Waals surface area contributed by atoms with Crippen LogP contribution in [0.5, 0.6) is 5.75 Å². The Hall–Kier alpha value is -4.05. The van der Waals surface area contributed by atoms with Crippen molar-refractivity contribution in [1.29, 1.82) is 0 Å². The number of phenolic OH excluding ortho intramolecular Hbond substituents is 1. The summed E-state index contributed by atoms with van der Waals surface area (Å²) in [4.78, 5) is 66.0. The summed E-state index contributed by atoms with van der Waals surface area (Å²) in [5.74, 6) is -4.23. The first-order valence-electron chi connectivity index (χ1n) is 12.3. The predicted octanol–water partition coefficient (Wildman–Crippen LogP) is -2.52. The number of aliphatic imine (C=N–C) groups is 1. The van der Waals surface area contributed by atoms with E-state index in [1.807, 2.05) is 6.26 Å². The van der Waals surface area contributed by atoms with Crippen LogP contribution in [0.3, 0.4) is 0 Å². The second-order valence-corrected chi connectivity index (χ2v) is 9.89. The molecular weight excluding hydrogens is 544 g/mol.